The molecule has 0 saturated carbocycles. The van der Waals surface area contributed by atoms with Crippen LogP contribution in [0.25, 0.3) is 0 Å². The van der Waals surface area contributed by atoms with E-state index in [2.05, 4.69) is 4.72 Å². The normalized spacial score (nSPS) is 14.8. The maximum absolute atomic E-state index is 12.2. The van der Waals surface area contributed by atoms with Crippen LogP contribution in [0.4, 0.5) is 0 Å². The predicted octanol–water partition coefficient (Wildman–Crippen LogP) is 1.90. The first kappa shape index (κ1) is 16.9. The highest BCUT2D eigenvalue weighted by Gasteiger charge is 2.28. The third-order valence-corrected chi connectivity index (χ3v) is 4.91. The van der Waals surface area contributed by atoms with Crippen molar-refractivity contribution >= 4 is 21.6 Å². The lowest BCUT2D eigenvalue weighted by Crippen LogP contribution is -2.44. The first-order valence-corrected chi connectivity index (χ1v) is 7.88. The first-order chi connectivity index (χ1) is 9.10. The van der Waals surface area contributed by atoms with Gasteiger partial charge in [-0.25, -0.2) is 13.1 Å². The standard InChI is InChI=1S/C13H17ClN2O3S/c1-9(2)13(3,17)8-16-20(18,19)12-5-4-11(14)6-10(12)7-15/h4-6,9,16-17H,8H2,1-3H3. The van der Waals surface area contributed by atoms with E-state index in [1.54, 1.807) is 26.8 Å². The largest absolute Gasteiger partial charge is 0.389 e. The highest BCUT2D eigenvalue weighted by atomic mass is 35.5. The molecule has 0 aromatic heterocycles. The second-order valence-corrected chi connectivity index (χ2v) is 7.26. The number of halogens is 1. The molecule has 0 heterocycles. The molecule has 0 aliphatic heterocycles. The van der Waals surface area contributed by atoms with E-state index in [1.165, 1.54) is 18.2 Å². The molecule has 0 fully saturated rings. The number of aliphatic hydroxyl groups is 1. The Kier molecular flexibility index (Phi) is 5.16. The average molecular weight is 317 g/mol. The van der Waals surface area contributed by atoms with Crippen molar-refractivity contribution in [2.45, 2.75) is 31.3 Å². The molecule has 2 N–H and O–H groups in total. The van der Waals surface area contributed by atoms with Crippen molar-refractivity contribution in [3.05, 3.63) is 28.8 Å². The zero-order chi connectivity index (χ0) is 15.6. The summed E-state index contributed by atoms with van der Waals surface area (Å²) >= 11 is 5.73. The summed E-state index contributed by atoms with van der Waals surface area (Å²) < 4.78 is 26.7. The van der Waals surface area contributed by atoms with Crippen molar-refractivity contribution < 1.29 is 13.5 Å². The van der Waals surface area contributed by atoms with Crippen LogP contribution in [0.15, 0.2) is 23.1 Å². The minimum atomic E-state index is -3.88. The second-order valence-electron chi connectivity index (χ2n) is 5.09. The number of hydrogen-bond acceptors (Lipinski definition) is 4. The van der Waals surface area contributed by atoms with Crippen LogP contribution in [0, 0.1) is 17.2 Å². The molecule has 0 aliphatic rings. The molecular weight excluding hydrogens is 300 g/mol. The van der Waals surface area contributed by atoms with Crippen molar-refractivity contribution in [1.82, 2.24) is 4.72 Å². The molecular formula is C13H17ClN2O3S. The zero-order valence-corrected chi connectivity index (χ0v) is 13.1. The number of nitrogens with one attached hydrogen (secondary N) is 1. The van der Waals surface area contributed by atoms with Crippen molar-refractivity contribution in [2.75, 3.05) is 6.54 Å². The third-order valence-electron chi connectivity index (χ3n) is 3.22. The quantitative estimate of drug-likeness (QED) is 0.868. The van der Waals surface area contributed by atoms with Crippen LogP contribution in [0.5, 0.6) is 0 Å². The molecule has 0 aliphatic carbocycles. The van der Waals surface area contributed by atoms with Crippen molar-refractivity contribution in [3.63, 3.8) is 0 Å². The lowest BCUT2D eigenvalue weighted by Gasteiger charge is -2.27. The fourth-order valence-electron chi connectivity index (χ4n) is 1.35. The summed E-state index contributed by atoms with van der Waals surface area (Å²) in [5, 5.41) is 19.3. The number of sulfonamides is 1. The highest BCUT2D eigenvalue weighted by molar-refractivity contribution is 7.89. The van der Waals surface area contributed by atoms with E-state index in [4.69, 9.17) is 16.9 Å². The van der Waals surface area contributed by atoms with E-state index >= 15 is 0 Å². The van der Waals surface area contributed by atoms with Crippen LogP contribution in [0.3, 0.4) is 0 Å². The summed E-state index contributed by atoms with van der Waals surface area (Å²) in [6.07, 6.45) is 0. The van der Waals surface area contributed by atoms with Crippen LogP contribution in [-0.4, -0.2) is 25.7 Å². The summed E-state index contributed by atoms with van der Waals surface area (Å²) in [5.41, 5.74) is -1.21. The number of nitriles is 1. The molecule has 1 aromatic carbocycles. The fourth-order valence-corrected chi connectivity index (χ4v) is 2.80. The maximum Gasteiger partial charge on any atom is 0.241 e. The Balaban J connectivity index is 3.05. The second kappa shape index (κ2) is 6.10. The van der Waals surface area contributed by atoms with Gasteiger partial charge in [0.1, 0.15) is 6.07 Å². The van der Waals surface area contributed by atoms with E-state index in [1.807, 2.05) is 0 Å². The Morgan fingerprint density at radius 2 is 2.10 bits per heavy atom. The number of rotatable bonds is 5. The third kappa shape index (κ3) is 3.93. The molecule has 20 heavy (non-hydrogen) atoms. The van der Waals surface area contributed by atoms with E-state index in [0.29, 0.717) is 0 Å². The summed E-state index contributed by atoms with van der Waals surface area (Å²) in [4.78, 5) is -0.149. The van der Waals surface area contributed by atoms with Gasteiger partial charge in [-0.05, 0) is 31.0 Å². The molecule has 0 saturated heterocycles. The monoisotopic (exact) mass is 316 g/mol. The lowest BCUT2D eigenvalue weighted by molar-refractivity contribution is 0.0190. The van der Waals surface area contributed by atoms with Gasteiger partial charge in [-0.2, -0.15) is 5.26 Å². The number of hydrogen-bond donors (Lipinski definition) is 2. The Bertz CT molecular complexity index is 634. The molecule has 1 unspecified atom stereocenters. The van der Waals surface area contributed by atoms with Crippen molar-refractivity contribution in [1.29, 1.82) is 5.26 Å². The van der Waals surface area contributed by atoms with Gasteiger partial charge in [0, 0.05) is 11.6 Å². The molecule has 7 heteroatoms. The molecule has 0 spiro atoms. The molecule has 0 bridgehead atoms. The van der Waals surface area contributed by atoms with E-state index in [-0.39, 0.29) is 27.9 Å². The predicted molar refractivity (Wildman–Crippen MR) is 76.8 cm³/mol. The average Bonchev–Trinajstić information content (AvgIpc) is 2.36. The fraction of sp³-hybridized carbons (Fsp3) is 0.462. The van der Waals surface area contributed by atoms with Crippen molar-refractivity contribution in [3.8, 4) is 6.07 Å². The van der Waals surface area contributed by atoms with Crippen LogP contribution in [0.1, 0.15) is 26.3 Å². The summed E-state index contributed by atoms with van der Waals surface area (Å²) in [5.74, 6) is -0.120. The topological polar surface area (TPSA) is 90.2 Å². The Morgan fingerprint density at radius 1 is 1.50 bits per heavy atom. The minimum absolute atomic E-state index is 0.0332. The van der Waals surface area contributed by atoms with Gasteiger partial charge in [0.15, 0.2) is 0 Å². The molecule has 1 rings (SSSR count). The molecule has 0 radical (unpaired) electrons. The Morgan fingerprint density at radius 3 is 2.60 bits per heavy atom. The van der Waals surface area contributed by atoms with E-state index in [0.717, 1.165) is 0 Å². The minimum Gasteiger partial charge on any atom is -0.389 e. The number of nitrogens with zero attached hydrogens (tertiary/aromatic N) is 1. The molecule has 1 aromatic rings. The first-order valence-electron chi connectivity index (χ1n) is 6.02. The van der Waals surface area contributed by atoms with E-state index < -0.39 is 15.6 Å². The molecule has 5 nitrogen and oxygen atoms in total. The summed E-state index contributed by atoms with van der Waals surface area (Å²) in [7, 11) is -3.88. The lowest BCUT2D eigenvalue weighted by atomic mass is 9.93. The van der Waals surface area contributed by atoms with E-state index in [9.17, 15) is 13.5 Å². The van der Waals surface area contributed by atoms with Gasteiger partial charge in [0.05, 0.1) is 16.1 Å². The Hall–Kier alpha value is -1.13. The van der Waals surface area contributed by atoms with Crippen LogP contribution in [0.2, 0.25) is 5.02 Å². The van der Waals surface area contributed by atoms with Crippen LogP contribution >= 0.6 is 11.6 Å². The molecule has 1 atom stereocenters. The zero-order valence-electron chi connectivity index (χ0n) is 11.5. The van der Waals surface area contributed by atoms with Crippen LogP contribution < -0.4 is 4.72 Å². The molecule has 110 valence electrons. The van der Waals surface area contributed by atoms with Gasteiger partial charge < -0.3 is 5.11 Å². The van der Waals surface area contributed by atoms with Gasteiger partial charge in [-0.3, -0.25) is 0 Å². The van der Waals surface area contributed by atoms with Crippen molar-refractivity contribution in [2.24, 2.45) is 5.92 Å². The summed E-state index contributed by atoms with van der Waals surface area (Å²) in [6, 6.07) is 5.76. The van der Waals surface area contributed by atoms with Crippen LogP contribution in [-0.2, 0) is 10.0 Å². The molecule has 0 amide bonds. The van der Waals surface area contributed by atoms with Gasteiger partial charge in [0.25, 0.3) is 0 Å². The smallest absolute Gasteiger partial charge is 0.241 e. The van der Waals surface area contributed by atoms with Gasteiger partial charge in [-0.1, -0.05) is 25.4 Å². The Labute approximate surface area is 124 Å². The SMILES string of the molecule is CC(C)C(C)(O)CNS(=O)(=O)c1ccc(Cl)cc1C#N. The summed E-state index contributed by atoms with van der Waals surface area (Å²) in [6.45, 7) is 4.99. The van der Waals surface area contributed by atoms with Gasteiger partial charge >= 0.3 is 0 Å². The number of benzene rings is 1. The highest BCUT2D eigenvalue weighted by Crippen LogP contribution is 2.21. The van der Waals surface area contributed by atoms with Gasteiger partial charge in [-0.15, -0.1) is 0 Å². The maximum atomic E-state index is 12.2. The van der Waals surface area contributed by atoms with Gasteiger partial charge in [0.2, 0.25) is 10.0 Å².